The predicted molar refractivity (Wildman–Crippen MR) is 79.9 cm³/mol. The number of halogens is 1. The topological polar surface area (TPSA) is 19.4 Å². The van der Waals surface area contributed by atoms with Gasteiger partial charge in [-0.05, 0) is 63.4 Å². The lowest BCUT2D eigenvalue weighted by molar-refractivity contribution is 0.0943. The van der Waals surface area contributed by atoms with Gasteiger partial charge in [0.05, 0.1) is 0 Å². The SMILES string of the molecule is CN1CCC2(CC1)CCN(c1cccc(Cl)n1)CC2. The summed E-state index contributed by atoms with van der Waals surface area (Å²) in [4.78, 5) is 9.26. The zero-order chi connectivity index (χ0) is 13.3. The van der Waals surface area contributed by atoms with Crippen molar-refractivity contribution >= 4 is 17.4 Å². The van der Waals surface area contributed by atoms with Gasteiger partial charge in [0.15, 0.2) is 0 Å². The summed E-state index contributed by atoms with van der Waals surface area (Å²) in [7, 11) is 2.23. The van der Waals surface area contributed by atoms with E-state index < -0.39 is 0 Å². The summed E-state index contributed by atoms with van der Waals surface area (Å²) in [5, 5.41) is 0.595. The molecule has 19 heavy (non-hydrogen) atoms. The number of likely N-dealkylation sites (tertiary alicyclic amines) is 1. The highest BCUT2D eigenvalue weighted by Gasteiger charge is 2.36. The largest absolute Gasteiger partial charge is 0.357 e. The lowest BCUT2D eigenvalue weighted by atomic mass is 9.71. The summed E-state index contributed by atoms with van der Waals surface area (Å²) < 4.78 is 0. The van der Waals surface area contributed by atoms with Crippen molar-refractivity contribution in [3.8, 4) is 0 Å². The van der Waals surface area contributed by atoms with Crippen molar-refractivity contribution in [2.75, 3.05) is 38.1 Å². The first-order chi connectivity index (χ1) is 9.17. The second kappa shape index (κ2) is 5.29. The molecule has 1 spiro atoms. The predicted octanol–water partition coefficient (Wildman–Crippen LogP) is 3.05. The molecular weight excluding hydrogens is 258 g/mol. The second-order valence-electron chi connectivity index (χ2n) is 6.11. The molecule has 0 atom stereocenters. The van der Waals surface area contributed by atoms with Gasteiger partial charge in [0, 0.05) is 13.1 Å². The molecule has 104 valence electrons. The fraction of sp³-hybridized carbons (Fsp3) is 0.667. The second-order valence-corrected chi connectivity index (χ2v) is 6.50. The molecule has 1 aromatic rings. The van der Waals surface area contributed by atoms with Crippen LogP contribution in [-0.2, 0) is 0 Å². The Morgan fingerprint density at radius 2 is 1.68 bits per heavy atom. The van der Waals surface area contributed by atoms with Gasteiger partial charge in [-0.15, -0.1) is 0 Å². The number of rotatable bonds is 1. The summed E-state index contributed by atoms with van der Waals surface area (Å²) in [6.07, 6.45) is 5.32. The van der Waals surface area contributed by atoms with Crippen LogP contribution in [0, 0.1) is 5.41 Å². The maximum Gasteiger partial charge on any atom is 0.131 e. The van der Waals surface area contributed by atoms with Crippen molar-refractivity contribution < 1.29 is 0 Å². The Labute approximate surface area is 120 Å². The van der Waals surface area contributed by atoms with Crippen LogP contribution in [0.3, 0.4) is 0 Å². The van der Waals surface area contributed by atoms with Crippen LogP contribution >= 0.6 is 11.6 Å². The third-order valence-corrected chi connectivity index (χ3v) is 5.11. The lowest BCUT2D eigenvalue weighted by Gasteiger charge is -2.46. The summed E-state index contributed by atoms with van der Waals surface area (Å²) >= 11 is 5.98. The number of piperidine rings is 2. The van der Waals surface area contributed by atoms with Crippen molar-refractivity contribution in [3.63, 3.8) is 0 Å². The molecule has 3 nitrogen and oxygen atoms in total. The van der Waals surface area contributed by atoms with Crippen LogP contribution in [-0.4, -0.2) is 43.1 Å². The summed E-state index contributed by atoms with van der Waals surface area (Å²) in [6.45, 7) is 4.76. The average molecular weight is 280 g/mol. The van der Waals surface area contributed by atoms with Gasteiger partial charge >= 0.3 is 0 Å². The summed E-state index contributed by atoms with van der Waals surface area (Å²) in [6, 6.07) is 5.90. The first-order valence-electron chi connectivity index (χ1n) is 7.23. The van der Waals surface area contributed by atoms with Crippen LogP contribution in [0.4, 0.5) is 5.82 Å². The lowest BCUT2D eigenvalue weighted by Crippen LogP contribution is -2.46. The van der Waals surface area contributed by atoms with E-state index >= 15 is 0 Å². The fourth-order valence-corrected chi connectivity index (χ4v) is 3.54. The van der Waals surface area contributed by atoms with Gasteiger partial charge in [-0.2, -0.15) is 0 Å². The fourth-order valence-electron chi connectivity index (χ4n) is 3.38. The molecule has 3 rings (SSSR count). The molecular formula is C15H22ClN3. The minimum absolute atomic E-state index is 0.595. The minimum Gasteiger partial charge on any atom is -0.357 e. The maximum atomic E-state index is 5.98. The highest BCUT2D eigenvalue weighted by Crippen LogP contribution is 2.41. The van der Waals surface area contributed by atoms with E-state index in [1.165, 1.54) is 38.8 Å². The third-order valence-electron chi connectivity index (χ3n) is 4.90. The molecule has 0 aliphatic carbocycles. The van der Waals surface area contributed by atoms with E-state index in [0.29, 0.717) is 10.6 Å². The molecule has 0 bridgehead atoms. The standard InChI is InChI=1S/C15H22ClN3/c1-18-9-5-15(6-10-18)7-11-19(12-8-15)14-4-2-3-13(16)17-14/h2-4H,5-12H2,1H3. The van der Waals surface area contributed by atoms with Gasteiger partial charge in [0.2, 0.25) is 0 Å². The molecule has 1 aromatic heterocycles. The van der Waals surface area contributed by atoms with Crippen LogP contribution < -0.4 is 4.90 Å². The number of hydrogen-bond donors (Lipinski definition) is 0. The van der Waals surface area contributed by atoms with Gasteiger partial charge in [0.1, 0.15) is 11.0 Å². The molecule has 3 heterocycles. The molecule has 0 saturated carbocycles. The molecule has 4 heteroatoms. The monoisotopic (exact) mass is 279 g/mol. The van der Waals surface area contributed by atoms with Crippen LogP contribution in [0.5, 0.6) is 0 Å². The van der Waals surface area contributed by atoms with Gasteiger partial charge in [0.25, 0.3) is 0 Å². The van der Waals surface area contributed by atoms with Crippen molar-refractivity contribution in [1.29, 1.82) is 0 Å². The van der Waals surface area contributed by atoms with Crippen LogP contribution in [0.15, 0.2) is 18.2 Å². The minimum atomic E-state index is 0.595. The van der Waals surface area contributed by atoms with E-state index in [2.05, 4.69) is 27.9 Å². The number of nitrogens with zero attached hydrogens (tertiary/aromatic N) is 3. The van der Waals surface area contributed by atoms with Crippen molar-refractivity contribution in [3.05, 3.63) is 23.4 Å². The van der Waals surface area contributed by atoms with Crippen molar-refractivity contribution in [1.82, 2.24) is 9.88 Å². The first-order valence-corrected chi connectivity index (χ1v) is 7.61. The molecule has 0 aromatic carbocycles. The first kappa shape index (κ1) is 13.2. The quantitative estimate of drug-likeness (QED) is 0.737. The number of anilines is 1. The Hall–Kier alpha value is -0.800. The maximum absolute atomic E-state index is 5.98. The smallest absolute Gasteiger partial charge is 0.131 e. The highest BCUT2D eigenvalue weighted by atomic mass is 35.5. The molecule has 2 aliphatic heterocycles. The zero-order valence-corrected chi connectivity index (χ0v) is 12.4. The van der Waals surface area contributed by atoms with Gasteiger partial charge in [-0.3, -0.25) is 0 Å². The molecule has 0 N–H and O–H groups in total. The summed E-state index contributed by atoms with van der Waals surface area (Å²) in [5.74, 6) is 1.04. The Balaban J connectivity index is 1.63. The molecule has 2 saturated heterocycles. The van der Waals surface area contributed by atoms with Gasteiger partial charge in [-0.1, -0.05) is 17.7 Å². The Morgan fingerprint density at radius 3 is 2.32 bits per heavy atom. The number of aromatic nitrogens is 1. The molecule has 2 fully saturated rings. The van der Waals surface area contributed by atoms with E-state index in [9.17, 15) is 0 Å². The van der Waals surface area contributed by atoms with Crippen LogP contribution in [0.25, 0.3) is 0 Å². The zero-order valence-electron chi connectivity index (χ0n) is 11.6. The molecule has 0 amide bonds. The molecule has 2 aliphatic rings. The average Bonchev–Trinajstić information content (AvgIpc) is 2.43. The number of hydrogen-bond acceptors (Lipinski definition) is 3. The molecule has 0 unspecified atom stereocenters. The molecule has 0 radical (unpaired) electrons. The highest BCUT2D eigenvalue weighted by molar-refractivity contribution is 6.29. The Kier molecular flexibility index (Phi) is 3.68. The van der Waals surface area contributed by atoms with Crippen LogP contribution in [0.2, 0.25) is 5.15 Å². The van der Waals surface area contributed by atoms with E-state index in [-0.39, 0.29) is 0 Å². The van der Waals surface area contributed by atoms with Crippen LogP contribution in [0.1, 0.15) is 25.7 Å². The van der Waals surface area contributed by atoms with Crippen molar-refractivity contribution in [2.45, 2.75) is 25.7 Å². The van der Waals surface area contributed by atoms with E-state index in [4.69, 9.17) is 11.6 Å². The third kappa shape index (κ3) is 2.87. The number of pyridine rings is 1. The Bertz CT molecular complexity index is 431. The van der Waals surface area contributed by atoms with Gasteiger partial charge < -0.3 is 9.80 Å². The Morgan fingerprint density at radius 1 is 1.05 bits per heavy atom. The summed E-state index contributed by atoms with van der Waals surface area (Å²) in [5.41, 5.74) is 0.599. The normalized spacial score (nSPS) is 23.8. The van der Waals surface area contributed by atoms with Gasteiger partial charge in [-0.25, -0.2) is 4.98 Å². The van der Waals surface area contributed by atoms with Crippen molar-refractivity contribution in [2.24, 2.45) is 5.41 Å². The van der Waals surface area contributed by atoms with E-state index in [1.807, 2.05) is 12.1 Å². The van der Waals surface area contributed by atoms with E-state index in [1.54, 1.807) is 0 Å². The van der Waals surface area contributed by atoms with E-state index in [0.717, 1.165) is 18.9 Å².